The molecule has 22 heavy (non-hydrogen) atoms. The van der Waals surface area contributed by atoms with Crippen LogP contribution < -0.4 is 9.64 Å². The van der Waals surface area contributed by atoms with Crippen LogP contribution in [0.3, 0.4) is 0 Å². The van der Waals surface area contributed by atoms with Crippen molar-refractivity contribution in [1.29, 1.82) is 0 Å². The topological polar surface area (TPSA) is 29.5 Å². The molecule has 1 unspecified atom stereocenters. The largest absolute Gasteiger partial charge is 0.483 e. The van der Waals surface area contributed by atoms with Crippen LogP contribution in [0.2, 0.25) is 0 Å². The fourth-order valence-corrected chi connectivity index (χ4v) is 3.02. The highest BCUT2D eigenvalue weighted by Gasteiger charge is 2.30. The number of hydrogen-bond acceptors (Lipinski definition) is 2. The summed E-state index contributed by atoms with van der Waals surface area (Å²) in [6, 6.07) is 14.3. The molecule has 0 saturated carbocycles. The predicted molar refractivity (Wildman–Crippen MR) is 88.5 cm³/mol. The molecule has 3 nitrogen and oxygen atoms in total. The third-order valence-electron chi connectivity index (χ3n) is 4.17. The maximum Gasteiger partial charge on any atom is 0.265 e. The molecule has 1 heterocycles. The van der Waals surface area contributed by atoms with Gasteiger partial charge in [0.2, 0.25) is 0 Å². The molecule has 1 amide bonds. The number of anilines is 1. The molecule has 1 atom stereocenters. The number of carbonyl (C=O) groups excluding carboxylic acids is 1. The third kappa shape index (κ3) is 2.71. The summed E-state index contributed by atoms with van der Waals surface area (Å²) in [5.41, 5.74) is 4.43. The molecule has 0 fully saturated rings. The van der Waals surface area contributed by atoms with E-state index in [4.69, 9.17) is 4.74 Å². The van der Waals surface area contributed by atoms with E-state index in [-0.39, 0.29) is 18.6 Å². The van der Waals surface area contributed by atoms with Crippen molar-refractivity contribution < 1.29 is 9.53 Å². The summed E-state index contributed by atoms with van der Waals surface area (Å²) in [5, 5.41) is 0. The van der Waals surface area contributed by atoms with Crippen LogP contribution in [0.1, 0.15) is 23.6 Å². The highest BCUT2D eigenvalue weighted by Crippen LogP contribution is 2.32. The average molecular weight is 295 g/mol. The van der Waals surface area contributed by atoms with Gasteiger partial charge in [0.15, 0.2) is 6.61 Å². The zero-order valence-electron chi connectivity index (χ0n) is 13.3. The molecule has 0 saturated heterocycles. The summed E-state index contributed by atoms with van der Waals surface area (Å²) in [5.74, 6) is 0.798. The molecule has 2 aromatic carbocycles. The molecule has 2 aromatic rings. The second-order valence-electron chi connectivity index (χ2n) is 6.00. The van der Waals surface area contributed by atoms with E-state index in [2.05, 4.69) is 13.0 Å². The van der Waals surface area contributed by atoms with E-state index in [1.807, 2.05) is 55.1 Å². The Morgan fingerprint density at radius 3 is 2.82 bits per heavy atom. The third-order valence-corrected chi connectivity index (χ3v) is 4.17. The Kier molecular flexibility index (Phi) is 3.88. The number of nitrogens with zero attached hydrogens (tertiary/aromatic N) is 1. The van der Waals surface area contributed by atoms with E-state index in [1.54, 1.807) is 0 Å². The van der Waals surface area contributed by atoms with Crippen LogP contribution in [0.4, 0.5) is 5.69 Å². The van der Waals surface area contributed by atoms with Gasteiger partial charge in [-0.2, -0.15) is 0 Å². The Bertz CT molecular complexity index is 708. The Morgan fingerprint density at radius 2 is 2.00 bits per heavy atom. The number of para-hydroxylation sites is 1. The summed E-state index contributed by atoms with van der Waals surface area (Å²) in [7, 11) is 0. The minimum Gasteiger partial charge on any atom is -0.483 e. The van der Waals surface area contributed by atoms with Gasteiger partial charge in [0.1, 0.15) is 5.75 Å². The van der Waals surface area contributed by atoms with Gasteiger partial charge in [-0.15, -0.1) is 0 Å². The zero-order chi connectivity index (χ0) is 15.7. The van der Waals surface area contributed by atoms with Crippen molar-refractivity contribution in [3.63, 3.8) is 0 Å². The van der Waals surface area contributed by atoms with Crippen molar-refractivity contribution >= 4 is 11.6 Å². The van der Waals surface area contributed by atoms with Gasteiger partial charge in [0.25, 0.3) is 5.91 Å². The first kappa shape index (κ1) is 14.6. The van der Waals surface area contributed by atoms with Crippen LogP contribution in [0.25, 0.3) is 0 Å². The number of amides is 1. The van der Waals surface area contributed by atoms with E-state index in [0.29, 0.717) is 0 Å². The van der Waals surface area contributed by atoms with Gasteiger partial charge < -0.3 is 9.64 Å². The number of fused-ring (bicyclic) bond motifs is 1. The molecule has 0 bridgehead atoms. The number of carbonyl (C=O) groups is 1. The molecule has 0 spiro atoms. The second-order valence-corrected chi connectivity index (χ2v) is 6.00. The quantitative estimate of drug-likeness (QED) is 0.865. The average Bonchev–Trinajstić information content (AvgIpc) is 2.83. The summed E-state index contributed by atoms with van der Waals surface area (Å²) >= 11 is 0. The molecule has 3 rings (SSSR count). The van der Waals surface area contributed by atoms with Gasteiger partial charge in [-0.25, -0.2) is 0 Å². The van der Waals surface area contributed by atoms with E-state index >= 15 is 0 Å². The number of rotatable bonds is 3. The van der Waals surface area contributed by atoms with Crippen molar-refractivity contribution in [3.8, 4) is 5.75 Å². The van der Waals surface area contributed by atoms with E-state index in [9.17, 15) is 4.79 Å². The van der Waals surface area contributed by atoms with Crippen LogP contribution >= 0.6 is 0 Å². The Balaban J connectivity index is 1.74. The molecular formula is C19H21NO2. The molecule has 1 aliphatic heterocycles. The van der Waals surface area contributed by atoms with Gasteiger partial charge in [-0.3, -0.25) is 4.79 Å². The number of benzene rings is 2. The monoisotopic (exact) mass is 295 g/mol. The number of hydrogen-bond donors (Lipinski definition) is 0. The minimum absolute atomic E-state index is 0.0124. The number of ether oxygens (including phenoxy) is 1. The van der Waals surface area contributed by atoms with Crippen LogP contribution in [-0.2, 0) is 11.2 Å². The molecule has 0 radical (unpaired) electrons. The van der Waals surface area contributed by atoms with Crippen molar-refractivity contribution in [2.24, 2.45) is 0 Å². The minimum atomic E-state index is 0.0124. The molecule has 3 heteroatoms. The molecule has 1 aliphatic rings. The molecule has 0 N–H and O–H groups in total. The van der Waals surface area contributed by atoms with Gasteiger partial charge in [-0.05, 0) is 56.0 Å². The van der Waals surface area contributed by atoms with Crippen LogP contribution in [0.5, 0.6) is 5.75 Å². The van der Waals surface area contributed by atoms with Crippen LogP contribution in [0.15, 0.2) is 42.5 Å². The first-order valence-electron chi connectivity index (χ1n) is 7.66. The Labute approximate surface area is 131 Å². The predicted octanol–water partition coefficient (Wildman–Crippen LogP) is 3.66. The van der Waals surface area contributed by atoms with Crippen molar-refractivity contribution in [1.82, 2.24) is 0 Å². The Hall–Kier alpha value is -2.29. The number of aryl methyl sites for hydroxylation is 2. The molecule has 0 aromatic heterocycles. The van der Waals surface area contributed by atoms with Gasteiger partial charge in [0, 0.05) is 11.7 Å². The SMILES string of the molecule is Cc1ccc(C)c(OCC(=O)N2c3ccccc3CC2C)c1. The lowest BCUT2D eigenvalue weighted by atomic mass is 10.1. The normalized spacial score (nSPS) is 16.5. The van der Waals surface area contributed by atoms with Gasteiger partial charge in [-0.1, -0.05) is 30.3 Å². The lowest BCUT2D eigenvalue weighted by Crippen LogP contribution is -2.39. The van der Waals surface area contributed by atoms with Gasteiger partial charge >= 0.3 is 0 Å². The maximum absolute atomic E-state index is 12.6. The lowest BCUT2D eigenvalue weighted by Gasteiger charge is -2.23. The first-order valence-corrected chi connectivity index (χ1v) is 7.66. The standard InChI is InChI=1S/C19H21NO2/c1-13-8-9-14(2)18(10-13)22-12-19(21)20-15(3)11-16-6-4-5-7-17(16)20/h4-10,15H,11-12H2,1-3H3. The fourth-order valence-electron chi connectivity index (χ4n) is 3.02. The van der Waals surface area contributed by atoms with Crippen LogP contribution in [0, 0.1) is 13.8 Å². The van der Waals surface area contributed by atoms with Crippen molar-refractivity contribution in [3.05, 3.63) is 59.2 Å². The summed E-state index contributed by atoms with van der Waals surface area (Å²) in [6.07, 6.45) is 0.908. The lowest BCUT2D eigenvalue weighted by molar-refractivity contribution is -0.120. The summed E-state index contributed by atoms with van der Waals surface area (Å²) in [4.78, 5) is 14.5. The van der Waals surface area contributed by atoms with E-state index < -0.39 is 0 Å². The fraction of sp³-hybridized carbons (Fsp3) is 0.316. The molecule has 0 aliphatic carbocycles. The highest BCUT2D eigenvalue weighted by molar-refractivity contribution is 5.97. The second kappa shape index (κ2) is 5.84. The zero-order valence-corrected chi connectivity index (χ0v) is 13.3. The van der Waals surface area contributed by atoms with Crippen molar-refractivity contribution in [2.45, 2.75) is 33.2 Å². The van der Waals surface area contributed by atoms with E-state index in [0.717, 1.165) is 29.0 Å². The smallest absolute Gasteiger partial charge is 0.265 e. The highest BCUT2D eigenvalue weighted by atomic mass is 16.5. The molecule has 114 valence electrons. The van der Waals surface area contributed by atoms with Gasteiger partial charge in [0.05, 0.1) is 0 Å². The summed E-state index contributed by atoms with van der Waals surface area (Å²) < 4.78 is 5.76. The first-order chi connectivity index (χ1) is 10.6. The Morgan fingerprint density at radius 1 is 1.23 bits per heavy atom. The maximum atomic E-state index is 12.6. The van der Waals surface area contributed by atoms with E-state index in [1.165, 1.54) is 5.56 Å². The van der Waals surface area contributed by atoms with Crippen LogP contribution in [-0.4, -0.2) is 18.6 Å². The van der Waals surface area contributed by atoms with Crippen molar-refractivity contribution in [2.75, 3.05) is 11.5 Å². The summed E-state index contributed by atoms with van der Waals surface area (Å²) in [6.45, 7) is 6.17. The molecular weight excluding hydrogens is 274 g/mol.